The predicted molar refractivity (Wildman–Crippen MR) is 123 cm³/mol. The highest BCUT2D eigenvalue weighted by atomic mass is 16.5. The van der Waals surface area contributed by atoms with E-state index < -0.39 is 0 Å². The van der Waals surface area contributed by atoms with Crippen LogP contribution in [0.5, 0.6) is 5.75 Å². The maximum atomic E-state index is 12.8. The van der Waals surface area contributed by atoms with Gasteiger partial charge in [-0.3, -0.25) is 4.79 Å². The maximum absolute atomic E-state index is 12.8. The highest BCUT2D eigenvalue weighted by molar-refractivity contribution is 5.96. The van der Waals surface area contributed by atoms with Gasteiger partial charge in [0, 0.05) is 24.6 Å². The molecule has 1 fully saturated rings. The molecule has 0 saturated carbocycles. The topological polar surface area (TPSA) is 47.4 Å². The van der Waals surface area contributed by atoms with Crippen LogP contribution in [0, 0.1) is 6.92 Å². The zero-order valence-electron chi connectivity index (χ0n) is 17.6. The largest absolute Gasteiger partial charge is 0.492 e. The fraction of sp³-hybridized carbons (Fsp3) is 0.231. The Balaban J connectivity index is 1.40. The molecule has 31 heavy (non-hydrogen) atoms. The Morgan fingerprint density at radius 3 is 2.65 bits per heavy atom. The summed E-state index contributed by atoms with van der Waals surface area (Å²) in [6.07, 6.45) is 0.469. The van der Waals surface area contributed by atoms with Crippen molar-refractivity contribution in [3.8, 4) is 5.75 Å². The van der Waals surface area contributed by atoms with Crippen molar-refractivity contribution in [2.45, 2.75) is 25.8 Å². The van der Waals surface area contributed by atoms with Crippen molar-refractivity contribution in [1.82, 2.24) is 9.55 Å². The van der Waals surface area contributed by atoms with Gasteiger partial charge in [0.05, 0.1) is 17.6 Å². The van der Waals surface area contributed by atoms with Gasteiger partial charge >= 0.3 is 0 Å². The normalized spacial score (nSPS) is 16.2. The summed E-state index contributed by atoms with van der Waals surface area (Å²) < 4.78 is 8.23. The average Bonchev–Trinajstić information content (AvgIpc) is 3.35. The standard InChI is InChI=1S/C26H25N3O2/c1-19-8-7-11-22(16-19)31-15-14-28-24-13-6-5-12-23(24)27-26(28)20-17-25(30)29(18-20)21-9-3-2-4-10-21/h2-13,16,20H,14-15,17-18H2,1H3. The number of fused-ring (bicyclic) bond motifs is 1. The molecule has 1 aliphatic heterocycles. The first-order valence-corrected chi connectivity index (χ1v) is 10.7. The van der Waals surface area contributed by atoms with Crippen molar-refractivity contribution in [3.63, 3.8) is 0 Å². The minimum atomic E-state index is 0.0547. The van der Waals surface area contributed by atoms with Gasteiger partial charge in [-0.15, -0.1) is 0 Å². The first kappa shape index (κ1) is 19.4. The number of aromatic nitrogens is 2. The van der Waals surface area contributed by atoms with Gasteiger partial charge in [-0.2, -0.15) is 0 Å². The van der Waals surface area contributed by atoms with Crippen LogP contribution in [0.2, 0.25) is 0 Å². The molecule has 0 N–H and O–H groups in total. The fourth-order valence-corrected chi connectivity index (χ4v) is 4.34. The van der Waals surface area contributed by atoms with Gasteiger partial charge in [0.25, 0.3) is 0 Å². The Morgan fingerprint density at radius 2 is 1.81 bits per heavy atom. The lowest BCUT2D eigenvalue weighted by Crippen LogP contribution is -2.24. The molecule has 4 aromatic rings. The molecule has 0 bridgehead atoms. The Kier molecular flexibility index (Phi) is 5.16. The third-order valence-electron chi connectivity index (χ3n) is 5.82. The molecule has 5 rings (SSSR count). The number of rotatable bonds is 6. The molecule has 1 amide bonds. The molecule has 1 atom stereocenters. The number of hydrogen-bond acceptors (Lipinski definition) is 3. The number of para-hydroxylation sites is 3. The number of anilines is 1. The number of ether oxygens (including phenoxy) is 1. The second-order valence-corrected chi connectivity index (χ2v) is 8.02. The third-order valence-corrected chi connectivity index (χ3v) is 5.82. The molecule has 5 nitrogen and oxygen atoms in total. The van der Waals surface area contributed by atoms with E-state index in [1.165, 1.54) is 5.56 Å². The summed E-state index contributed by atoms with van der Waals surface area (Å²) in [5.74, 6) is 2.03. The van der Waals surface area contributed by atoms with Crippen molar-refractivity contribution in [2.24, 2.45) is 0 Å². The van der Waals surface area contributed by atoms with Crippen molar-refractivity contribution < 1.29 is 9.53 Å². The number of benzene rings is 3. The van der Waals surface area contributed by atoms with Gasteiger partial charge in [-0.25, -0.2) is 4.98 Å². The third kappa shape index (κ3) is 3.91. The van der Waals surface area contributed by atoms with Crippen molar-refractivity contribution in [3.05, 3.63) is 90.3 Å². The predicted octanol–water partition coefficient (Wildman–Crippen LogP) is 4.94. The van der Waals surface area contributed by atoms with E-state index in [9.17, 15) is 4.79 Å². The Morgan fingerprint density at radius 1 is 1.00 bits per heavy atom. The summed E-state index contributed by atoms with van der Waals surface area (Å²) >= 11 is 0. The van der Waals surface area contributed by atoms with E-state index in [4.69, 9.17) is 9.72 Å². The SMILES string of the molecule is Cc1cccc(OCCn2c(C3CC(=O)N(c4ccccc4)C3)nc3ccccc32)c1. The van der Waals surface area contributed by atoms with Crippen LogP contribution in [-0.4, -0.2) is 28.6 Å². The first-order valence-electron chi connectivity index (χ1n) is 10.7. The van der Waals surface area contributed by atoms with Crippen LogP contribution in [0.3, 0.4) is 0 Å². The molecule has 1 aliphatic rings. The zero-order valence-corrected chi connectivity index (χ0v) is 17.6. The summed E-state index contributed by atoms with van der Waals surface area (Å²) in [5, 5.41) is 0. The molecule has 1 saturated heterocycles. The highest BCUT2D eigenvalue weighted by Crippen LogP contribution is 2.33. The number of amides is 1. The van der Waals surface area contributed by atoms with Crippen molar-refractivity contribution in [1.29, 1.82) is 0 Å². The minimum absolute atomic E-state index is 0.0547. The molecule has 1 aromatic heterocycles. The molecule has 1 unspecified atom stereocenters. The van der Waals surface area contributed by atoms with E-state index in [1.807, 2.05) is 71.6 Å². The first-order chi connectivity index (χ1) is 15.2. The number of nitrogens with zero attached hydrogens (tertiary/aromatic N) is 3. The quantitative estimate of drug-likeness (QED) is 0.451. The molecule has 5 heteroatoms. The average molecular weight is 412 g/mol. The lowest BCUT2D eigenvalue weighted by atomic mass is 10.1. The van der Waals surface area contributed by atoms with Gasteiger partial charge < -0.3 is 14.2 Å². The van der Waals surface area contributed by atoms with Crippen LogP contribution in [0.1, 0.15) is 23.7 Å². The van der Waals surface area contributed by atoms with E-state index in [0.29, 0.717) is 26.1 Å². The van der Waals surface area contributed by atoms with Gasteiger partial charge in [0.1, 0.15) is 18.2 Å². The molecule has 0 aliphatic carbocycles. The van der Waals surface area contributed by atoms with Gasteiger partial charge in [-0.05, 0) is 48.9 Å². The van der Waals surface area contributed by atoms with Gasteiger partial charge in [-0.1, -0.05) is 42.5 Å². The van der Waals surface area contributed by atoms with Crippen molar-refractivity contribution >= 4 is 22.6 Å². The lowest BCUT2D eigenvalue weighted by molar-refractivity contribution is -0.117. The molecule has 2 heterocycles. The highest BCUT2D eigenvalue weighted by Gasteiger charge is 2.34. The van der Waals surface area contributed by atoms with Crippen molar-refractivity contribution in [2.75, 3.05) is 18.1 Å². The summed E-state index contributed by atoms with van der Waals surface area (Å²) in [4.78, 5) is 19.6. The summed E-state index contributed by atoms with van der Waals surface area (Å²) in [7, 11) is 0. The maximum Gasteiger partial charge on any atom is 0.227 e. The second kappa shape index (κ2) is 8.26. The van der Waals surface area contributed by atoms with Crippen LogP contribution in [0.25, 0.3) is 11.0 Å². The lowest BCUT2D eigenvalue weighted by Gasteiger charge is -2.17. The Hall–Kier alpha value is -3.60. The van der Waals surface area contributed by atoms with Gasteiger partial charge in [0.2, 0.25) is 5.91 Å². The van der Waals surface area contributed by atoms with Crippen LogP contribution in [0.4, 0.5) is 5.69 Å². The van der Waals surface area contributed by atoms with E-state index in [0.717, 1.165) is 28.3 Å². The van der Waals surface area contributed by atoms with Crippen LogP contribution < -0.4 is 9.64 Å². The van der Waals surface area contributed by atoms with E-state index in [-0.39, 0.29) is 11.8 Å². The number of carbonyl (C=O) groups excluding carboxylic acids is 1. The summed E-state index contributed by atoms with van der Waals surface area (Å²) in [6, 6.07) is 26.1. The molecular formula is C26H25N3O2. The van der Waals surface area contributed by atoms with Crippen LogP contribution >= 0.6 is 0 Å². The van der Waals surface area contributed by atoms with E-state index >= 15 is 0 Å². The number of hydrogen-bond donors (Lipinski definition) is 0. The Labute approximate surface area is 181 Å². The number of carbonyl (C=O) groups is 1. The minimum Gasteiger partial charge on any atom is -0.492 e. The van der Waals surface area contributed by atoms with Crippen LogP contribution in [-0.2, 0) is 11.3 Å². The molecule has 3 aromatic carbocycles. The number of aryl methyl sites for hydroxylation is 1. The van der Waals surface area contributed by atoms with E-state index in [1.54, 1.807) is 0 Å². The molecule has 156 valence electrons. The smallest absolute Gasteiger partial charge is 0.227 e. The Bertz CT molecular complexity index is 1220. The molecule has 0 spiro atoms. The fourth-order valence-electron chi connectivity index (χ4n) is 4.34. The monoisotopic (exact) mass is 411 g/mol. The molecular weight excluding hydrogens is 386 g/mol. The van der Waals surface area contributed by atoms with Crippen LogP contribution in [0.15, 0.2) is 78.9 Å². The second-order valence-electron chi connectivity index (χ2n) is 8.02. The molecule has 0 radical (unpaired) electrons. The summed E-state index contributed by atoms with van der Waals surface area (Å²) in [5.41, 5.74) is 4.16. The zero-order chi connectivity index (χ0) is 21.2. The number of imidazole rings is 1. The van der Waals surface area contributed by atoms with E-state index in [2.05, 4.69) is 23.6 Å². The van der Waals surface area contributed by atoms with Gasteiger partial charge in [0.15, 0.2) is 0 Å². The summed E-state index contributed by atoms with van der Waals surface area (Å²) in [6.45, 7) is 3.93.